The van der Waals surface area contributed by atoms with E-state index in [1.165, 1.54) is 0 Å². The first-order chi connectivity index (χ1) is 4.86. The molecule has 54 valence electrons. The Bertz CT molecular complexity index is 214. The fourth-order valence-corrected chi connectivity index (χ4v) is 0.790. The van der Waals surface area contributed by atoms with Gasteiger partial charge in [0.05, 0.1) is 12.7 Å². The van der Waals surface area contributed by atoms with Gasteiger partial charge in [0.15, 0.2) is 0 Å². The molecule has 0 aliphatic carbocycles. The van der Waals surface area contributed by atoms with E-state index < -0.39 is 0 Å². The van der Waals surface area contributed by atoms with Crippen LogP contribution in [-0.4, -0.2) is 16.5 Å². The Morgan fingerprint density at radius 2 is 2.60 bits per heavy atom. The van der Waals surface area contributed by atoms with E-state index in [-0.39, 0.29) is 0 Å². The van der Waals surface area contributed by atoms with E-state index in [2.05, 4.69) is 23.7 Å². The summed E-state index contributed by atoms with van der Waals surface area (Å²) in [5.74, 6) is 0. The van der Waals surface area contributed by atoms with Gasteiger partial charge in [0.25, 0.3) is 0 Å². The first-order valence-corrected chi connectivity index (χ1v) is 3.30. The standard InChI is InChI=1S/C7H11N3/c1-3-10-6-7(4-8-2)5-9-10/h5-6H,2-4H2,1H3. The third-order valence-corrected chi connectivity index (χ3v) is 1.31. The lowest BCUT2D eigenvalue weighted by Crippen LogP contribution is -1.92. The van der Waals surface area contributed by atoms with Crippen molar-refractivity contribution in [3.05, 3.63) is 18.0 Å². The van der Waals surface area contributed by atoms with Crippen molar-refractivity contribution < 1.29 is 0 Å². The van der Waals surface area contributed by atoms with Crippen molar-refractivity contribution in [1.29, 1.82) is 0 Å². The van der Waals surface area contributed by atoms with Crippen LogP contribution in [0, 0.1) is 0 Å². The summed E-state index contributed by atoms with van der Waals surface area (Å²) in [7, 11) is 0. The molecule has 0 saturated carbocycles. The molecule has 1 aromatic rings. The minimum Gasteiger partial charge on any atom is -0.296 e. The summed E-state index contributed by atoms with van der Waals surface area (Å²) >= 11 is 0. The SMILES string of the molecule is C=NCc1cnn(CC)c1. The molecule has 1 aromatic heterocycles. The highest BCUT2D eigenvalue weighted by molar-refractivity contribution is 5.24. The largest absolute Gasteiger partial charge is 0.296 e. The van der Waals surface area contributed by atoms with Gasteiger partial charge >= 0.3 is 0 Å². The summed E-state index contributed by atoms with van der Waals surface area (Å²) < 4.78 is 1.88. The minimum atomic E-state index is 0.667. The smallest absolute Gasteiger partial charge is 0.0663 e. The zero-order valence-corrected chi connectivity index (χ0v) is 6.12. The monoisotopic (exact) mass is 137 g/mol. The molecule has 10 heavy (non-hydrogen) atoms. The number of hydrogen-bond donors (Lipinski definition) is 0. The van der Waals surface area contributed by atoms with E-state index >= 15 is 0 Å². The molecule has 0 radical (unpaired) electrons. The molecule has 0 bridgehead atoms. The Labute approximate surface area is 60.4 Å². The summed E-state index contributed by atoms with van der Waals surface area (Å²) in [5.41, 5.74) is 1.12. The highest BCUT2D eigenvalue weighted by atomic mass is 15.3. The normalized spacial score (nSPS) is 9.70. The Hall–Kier alpha value is -1.12. The highest BCUT2D eigenvalue weighted by Crippen LogP contribution is 1.98. The zero-order valence-electron chi connectivity index (χ0n) is 6.12. The van der Waals surface area contributed by atoms with Gasteiger partial charge in [-0.25, -0.2) is 0 Å². The lowest BCUT2D eigenvalue weighted by molar-refractivity contribution is 0.659. The maximum Gasteiger partial charge on any atom is 0.0663 e. The molecule has 3 nitrogen and oxygen atoms in total. The van der Waals surface area contributed by atoms with Gasteiger partial charge in [-0.05, 0) is 13.6 Å². The summed E-state index contributed by atoms with van der Waals surface area (Å²) in [6.07, 6.45) is 3.80. The van der Waals surface area contributed by atoms with Crippen LogP contribution in [0.1, 0.15) is 12.5 Å². The van der Waals surface area contributed by atoms with Crippen LogP contribution in [0.3, 0.4) is 0 Å². The zero-order chi connectivity index (χ0) is 7.40. The van der Waals surface area contributed by atoms with E-state index in [0.717, 1.165) is 12.1 Å². The van der Waals surface area contributed by atoms with E-state index in [1.54, 1.807) is 0 Å². The second kappa shape index (κ2) is 3.15. The summed E-state index contributed by atoms with van der Waals surface area (Å²) in [6.45, 7) is 7.04. The van der Waals surface area contributed by atoms with E-state index in [1.807, 2.05) is 17.1 Å². The molecule has 0 aromatic carbocycles. The molecule has 0 spiro atoms. The van der Waals surface area contributed by atoms with Gasteiger partial charge in [-0.2, -0.15) is 5.10 Å². The maximum absolute atomic E-state index is 4.08. The van der Waals surface area contributed by atoms with Crippen LogP contribution in [0.5, 0.6) is 0 Å². The van der Waals surface area contributed by atoms with E-state index in [9.17, 15) is 0 Å². The fraction of sp³-hybridized carbons (Fsp3) is 0.429. The van der Waals surface area contributed by atoms with Crippen molar-refractivity contribution in [2.24, 2.45) is 4.99 Å². The maximum atomic E-state index is 4.08. The van der Waals surface area contributed by atoms with E-state index in [4.69, 9.17) is 0 Å². The van der Waals surface area contributed by atoms with Crippen molar-refractivity contribution >= 4 is 6.72 Å². The van der Waals surface area contributed by atoms with Crippen molar-refractivity contribution in [1.82, 2.24) is 9.78 Å². The first-order valence-electron chi connectivity index (χ1n) is 3.30. The minimum absolute atomic E-state index is 0.667. The number of rotatable bonds is 3. The quantitative estimate of drug-likeness (QED) is 0.574. The van der Waals surface area contributed by atoms with Crippen LogP contribution < -0.4 is 0 Å². The predicted molar refractivity (Wildman–Crippen MR) is 41.2 cm³/mol. The number of nitrogens with zero attached hydrogens (tertiary/aromatic N) is 3. The molecule has 0 saturated heterocycles. The molecule has 0 fully saturated rings. The fourth-order valence-electron chi connectivity index (χ4n) is 0.790. The van der Waals surface area contributed by atoms with Crippen LogP contribution >= 0.6 is 0 Å². The number of hydrogen-bond acceptors (Lipinski definition) is 2. The average Bonchev–Trinajstić information content (AvgIpc) is 2.37. The van der Waals surface area contributed by atoms with Gasteiger partial charge in [0.1, 0.15) is 0 Å². The molecular weight excluding hydrogens is 126 g/mol. The van der Waals surface area contributed by atoms with Crippen molar-refractivity contribution in [3.8, 4) is 0 Å². The molecule has 0 aliphatic rings. The summed E-state index contributed by atoms with van der Waals surface area (Å²) in [6, 6.07) is 0. The van der Waals surface area contributed by atoms with Crippen LogP contribution in [0.4, 0.5) is 0 Å². The van der Waals surface area contributed by atoms with Gasteiger partial charge in [0, 0.05) is 18.3 Å². The lowest BCUT2D eigenvalue weighted by atomic mass is 10.4. The van der Waals surface area contributed by atoms with Crippen LogP contribution in [0.25, 0.3) is 0 Å². The van der Waals surface area contributed by atoms with Crippen LogP contribution in [0.2, 0.25) is 0 Å². The Balaban J connectivity index is 2.67. The van der Waals surface area contributed by atoms with Gasteiger partial charge in [-0.15, -0.1) is 0 Å². The van der Waals surface area contributed by atoms with Crippen LogP contribution in [0.15, 0.2) is 17.4 Å². The van der Waals surface area contributed by atoms with Crippen molar-refractivity contribution in [3.63, 3.8) is 0 Å². The van der Waals surface area contributed by atoms with Crippen molar-refractivity contribution in [2.45, 2.75) is 20.0 Å². The average molecular weight is 137 g/mol. The molecule has 0 atom stereocenters. The third kappa shape index (κ3) is 1.43. The predicted octanol–water partition coefficient (Wildman–Crippen LogP) is 1.10. The lowest BCUT2D eigenvalue weighted by Gasteiger charge is -1.89. The number of aromatic nitrogens is 2. The van der Waals surface area contributed by atoms with Gasteiger partial charge in [-0.1, -0.05) is 0 Å². The highest BCUT2D eigenvalue weighted by Gasteiger charge is 1.92. The molecule has 0 aliphatic heterocycles. The van der Waals surface area contributed by atoms with Gasteiger partial charge < -0.3 is 0 Å². The second-order valence-electron chi connectivity index (χ2n) is 2.09. The Kier molecular flexibility index (Phi) is 2.20. The molecular formula is C7H11N3. The molecule has 3 heteroatoms. The van der Waals surface area contributed by atoms with E-state index in [0.29, 0.717) is 6.54 Å². The Morgan fingerprint density at radius 1 is 1.80 bits per heavy atom. The Morgan fingerprint density at radius 3 is 3.10 bits per heavy atom. The number of aliphatic imine (C=N–C) groups is 1. The molecule has 0 unspecified atom stereocenters. The number of aryl methyl sites for hydroxylation is 1. The molecule has 1 heterocycles. The molecule has 1 rings (SSSR count). The molecule has 0 amide bonds. The van der Waals surface area contributed by atoms with Crippen molar-refractivity contribution in [2.75, 3.05) is 0 Å². The molecule has 0 N–H and O–H groups in total. The third-order valence-electron chi connectivity index (χ3n) is 1.31. The first kappa shape index (κ1) is 6.99. The van der Waals surface area contributed by atoms with Gasteiger partial charge in [0.2, 0.25) is 0 Å². The van der Waals surface area contributed by atoms with Gasteiger partial charge in [-0.3, -0.25) is 9.67 Å². The summed E-state index contributed by atoms with van der Waals surface area (Å²) in [5, 5.41) is 4.08. The van der Waals surface area contributed by atoms with Crippen LogP contribution in [-0.2, 0) is 13.1 Å². The summed E-state index contributed by atoms with van der Waals surface area (Å²) in [4.78, 5) is 3.75. The second-order valence-corrected chi connectivity index (χ2v) is 2.09. The topological polar surface area (TPSA) is 30.2 Å².